The number of nitrogens with two attached hydrogens (primary N) is 1. The van der Waals surface area contributed by atoms with E-state index in [0.29, 0.717) is 0 Å². The van der Waals surface area contributed by atoms with Gasteiger partial charge in [0.2, 0.25) is 0 Å². The molecule has 82 valence electrons. The predicted octanol–water partition coefficient (Wildman–Crippen LogP) is 4.85. The first-order chi connectivity index (χ1) is 8.33. The highest BCUT2D eigenvalue weighted by atomic mass is 32.1. The van der Waals surface area contributed by atoms with Crippen LogP contribution < -0.4 is 5.73 Å². The Bertz CT molecular complexity index is 854. The fourth-order valence-corrected chi connectivity index (χ4v) is 4.05. The van der Waals surface area contributed by atoms with Crippen molar-refractivity contribution in [3.8, 4) is 0 Å². The first-order valence-electron chi connectivity index (χ1n) is 5.41. The van der Waals surface area contributed by atoms with Crippen molar-refractivity contribution in [2.24, 2.45) is 0 Å². The SMILES string of the molecule is Nc1cc2c(ccc3c4ccsc4ccc23)s1. The molecule has 0 amide bonds. The van der Waals surface area contributed by atoms with Gasteiger partial charge in [0.25, 0.3) is 0 Å². The van der Waals surface area contributed by atoms with Gasteiger partial charge in [-0.2, -0.15) is 0 Å². The van der Waals surface area contributed by atoms with Crippen molar-refractivity contribution in [1.29, 1.82) is 0 Å². The Labute approximate surface area is 106 Å². The minimum atomic E-state index is 0.887. The second kappa shape index (κ2) is 3.22. The fraction of sp³-hybridized carbons (Fsp3) is 0. The monoisotopic (exact) mass is 255 g/mol. The zero-order valence-electron chi connectivity index (χ0n) is 8.94. The molecule has 4 aromatic rings. The van der Waals surface area contributed by atoms with Gasteiger partial charge in [-0.05, 0) is 40.4 Å². The minimum Gasteiger partial charge on any atom is -0.391 e. The van der Waals surface area contributed by atoms with E-state index in [1.807, 2.05) is 0 Å². The average molecular weight is 255 g/mol. The quantitative estimate of drug-likeness (QED) is 0.477. The van der Waals surface area contributed by atoms with E-state index in [2.05, 4.69) is 41.8 Å². The molecule has 0 bridgehead atoms. The third-order valence-electron chi connectivity index (χ3n) is 3.15. The lowest BCUT2D eigenvalue weighted by Crippen LogP contribution is -1.75. The molecule has 4 rings (SSSR count). The summed E-state index contributed by atoms with van der Waals surface area (Å²) in [6.45, 7) is 0. The van der Waals surface area contributed by atoms with Gasteiger partial charge in [-0.25, -0.2) is 0 Å². The Kier molecular flexibility index (Phi) is 1.79. The van der Waals surface area contributed by atoms with Gasteiger partial charge in [-0.1, -0.05) is 12.1 Å². The van der Waals surface area contributed by atoms with Crippen molar-refractivity contribution >= 4 is 58.6 Å². The third-order valence-corrected chi connectivity index (χ3v) is 4.96. The second-order valence-electron chi connectivity index (χ2n) is 4.12. The van der Waals surface area contributed by atoms with Gasteiger partial charge < -0.3 is 5.73 Å². The lowest BCUT2D eigenvalue weighted by molar-refractivity contribution is 1.93. The summed E-state index contributed by atoms with van der Waals surface area (Å²) in [4.78, 5) is 0. The summed E-state index contributed by atoms with van der Waals surface area (Å²) in [5.41, 5.74) is 5.89. The molecule has 3 heteroatoms. The molecule has 2 aromatic heterocycles. The topological polar surface area (TPSA) is 26.0 Å². The summed E-state index contributed by atoms with van der Waals surface area (Å²) in [5, 5.41) is 8.29. The van der Waals surface area contributed by atoms with E-state index < -0.39 is 0 Å². The lowest BCUT2D eigenvalue weighted by atomic mass is 10.0. The molecular formula is C14H9NS2. The van der Waals surface area contributed by atoms with E-state index in [4.69, 9.17) is 5.73 Å². The van der Waals surface area contributed by atoms with Crippen molar-refractivity contribution in [3.05, 3.63) is 41.8 Å². The zero-order valence-corrected chi connectivity index (χ0v) is 10.6. The van der Waals surface area contributed by atoms with Crippen molar-refractivity contribution < 1.29 is 0 Å². The molecular weight excluding hydrogens is 246 g/mol. The van der Waals surface area contributed by atoms with Crippen LogP contribution in [0.25, 0.3) is 30.9 Å². The molecule has 0 aliphatic carbocycles. The molecule has 0 fully saturated rings. The maximum Gasteiger partial charge on any atom is 0.0869 e. The Balaban J connectivity index is 2.33. The zero-order chi connectivity index (χ0) is 11.4. The summed E-state index contributed by atoms with van der Waals surface area (Å²) < 4.78 is 2.62. The van der Waals surface area contributed by atoms with Crippen LogP contribution in [0.5, 0.6) is 0 Å². The van der Waals surface area contributed by atoms with Crippen LogP contribution in [0.2, 0.25) is 0 Å². The van der Waals surface area contributed by atoms with Crippen molar-refractivity contribution in [3.63, 3.8) is 0 Å². The van der Waals surface area contributed by atoms with E-state index in [9.17, 15) is 0 Å². The number of benzene rings is 2. The Morgan fingerprint density at radius 3 is 2.41 bits per heavy atom. The number of fused-ring (bicyclic) bond motifs is 5. The molecule has 0 unspecified atom stereocenters. The first kappa shape index (κ1) is 9.45. The van der Waals surface area contributed by atoms with E-state index in [0.717, 1.165) is 5.00 Å². The summed E-state index contributed by atoms with van der Waals surface area (Å²) >= 11 is 3.45. The van der Waals surface area contributed by atoms with Crippen LogP contribution in [0.1, 0.15) is 0 Å². The van der Waals surface area contributed by atoms with Crippen molar-refractivity contribution in [2.45, 2.75) is 0 Å². The molecule has 17 heavy (non-hydrogen) atoms. The summed E-state index contributed by atoms with van der Waals surface area (Å²) in [7, 11) is 0. The highest BCUT2D eigenvalue weighted by Gasteiger charge is 2.07. The number of thiophene rings is 2. The summed E-state index contributed by atoms with van der Waals surface area (Å²) in [5.74, 6) is 0. The molecule has 0 saturated heterocycles. The number of anilines is 1. The highest BCUT2D eigenvalue weighted by molar-refractivity contribution is 7.22. The molecule has 0 spiro atoms. The fourth-order valence-electron chi connectivity index (χ4n) is 2.40. The van der Waals surface area contributed by atoms with Crippen LogP contribution in [0.15, 0.2) is 41.8 Å². The predicted molar refractivity (Wildman–Crippen MR) is 79.1 cm³/mol. The van der Waals surface area contributed by atoms with Crippen molar-refractivity contribution in [1.82, 2.24) is 0 Å². The number of hydrogen-bond acceptors (Lipinski definition) is 3. The Morgan fingerprint density at radius 2 is 1.53 bits per heavy atom. The van der Waals surface area contributed by atoms with Gasteiger partial charge in [-0.15, -0.1) is 22.7 Å². The molecule has 2 aromatic carbocycles. The van der Waals surface area contributed by atoms with Gasteiger partial charge in [0, 0.05) is 20.2 Å². The molecule has 1 nitrogen and oxygen atoms in total. The van der Waals surface area contributed by atoms with Gasteiger partial charge in [0.05, 0.1) is 5.00 Å². The number of nitrogen functional groups attached to an aromatic ring is 1. The highest BCUT2D eigenvalue weighted by Crippen LogP contribution is 2.37. The normalized spacial score (nSPS) is 11.8. The lowest BCUT2D eigenvalue weighted by Gasteiger charge is -2.01. The van der Waals surface area contributed by atoms with E-state index >= 15 is 0 Å². The smallest absolute Gasteiger partial charge is 0.0869 e. The third kappa shape index (κ3) is 1.24. The van der Waals surface area contributed by atoms with Gasteiger partial charge in [0.15, 0.2) is 0 Å². The van der Waals surface area contributed by atoms with Crippen LogP contribution >= 0.6 is 22.7 Å². The molecule has 2 N–H and O–H groups in total. The van der Waals surface area contributed by atoms with Gasteiger partial charge in [-0.3, -0.25) is 0 Å². The second-order valence-corrected chi connectivity index (χ2v) is 6.18. The van der Waals surface area contributed by atoms with Crippen LogP contribution in [-0.2, 0) is 0 Å². The first-order valence-corrected chi connectivity index (χ1v) is 7.10. The minimum absolute atomic E-state index is 0.887. The van der Waals surface area contributed by atoms with E-state index in [1.165, 1.54) is 30.9 Å². The molecule has 0 aliphatic rings. The molecule has 0 aliphatic heterocycles. The maximum atomic E-state index is 5.89. The van der Waals surface area contributed by atoms with Crippen LogP contribution in [0.4, 0.5) is 5.00 Å². The molecule has 0 saturated carbocycles. The molecule has 0 atom stereocenters. The standard InChI is InChI=1S/C14H9NS2/c15-14-7-11-9-1-3-12-10(5-6-16-12)8(9)2-4-13(11)17-14/h1-7H,15H2. The summed E-state index contributed by atoms with van der Waals surface area (Å²) in [6.07, 6.45) is 0. The van der Waals surface area contributed by atoms with E-state index in [1.54, 1.807) is 22.7 Å². The average Bonchev–Trinajstić information content (AvgIpc) is 2.92. The Morgan fingerprint density at radius 1 is 0.765 bits per heavy atom. The van der Waals surface area contributed by atoms with Crippen LogP contribution in [0.3, 0.4) is 0 Å². The van der Waals surface area contributed by atoms with Crippen LogP contribution in [-0.4, -0.2) is 0 Å². The van der Waals surface area contributed by atoms with Gasteiger partial charge in [0.1, 0.15) is 0 Å². The molecule has 2 heterocycles. The number of rotatable bonds is 0. The summed E-state index contributed by atoms with van der Waals surface area (Å²) in [6, 6.07) is 13.1. The molecule has 0 radical (unpaired) electrons. The van der Waals surface area contributed by atoms with Gasteiger partial charge >= 0.3 is 0 Å². The maximum absolute atomic E-state index is 5.89. The van der Waals surface area contributed by atoms with Crippen molar-refractivity contribution in [2.75, 3.05) is 5.73 Å². The largest absolute Gasteiger partial charge is 0.391 e. The Hall–Kier alpha value is -1.58. The van der Waals surface area contributed by atoms with E-state index in [-0.39, 0.29) is 0 Å². The van der Waals surface area contributed by atoms with Crippen LogP contribution in [0, 0.1) is 0 Å². The number of hydrogen-bond donors (Lipinski definition) is 1.